The summed E-state index contributed by atoms with van der Waals surface area (Å²) in [5, 5.41) is 0.369. The Balaban J connectivity index is 1.61. The lowest BCUT2D eigenvalue weighted by molar-refractivity contribution is -0.118. The van der Waals surface area contributed by atoms with Gasteiger partial charge in [0.1, 0.15) is 5.82 Å². The van der Waals surface area contributed by atoms with Crippen molar-refractivity contribution in [1.29, 1.82) is 0 Å². The van der Waals surface area contributed by atoms with E-state index in [9.17, 15) is 17.6 Å². The number of fused-ring (bicyclic) bond motifs is 1. The van der Waals surface area contributed by atoms with Gasteiger partial charge in [-0.1, -0.05) is 35.6 Å². The lowest BCUT2D eigenvalue weighted by Crippen LogP contribution is -2.32. The Morgan fingerprint density at radius 2 is 1.81 bits per heavy atom. The predicted octanol–water partition coefficient (Wildman–Crippen LogP) is 4.23. The Hall–Kier alpha value is -3.17. The van der Waals surface area contributed by atoms with Crippen LogP contribution in [0.1, 0.15) is 12.1 Å². The molecule has 4 rings (SSSR count). The molecule has 0 atom stereocenters. The molecule has 2 aromatic heterocycles. The van der Waals surface area contributed by atoms with Crippen molar-refractivity contribution in [3.05, 3.63) is 84.4 Å². The number of carbonyl (C=O) groups excluding carboxylic acids is 1. The van der Waals surface area contributed by atoms with Gasteiger partial charge in [-0.3, -0.25) is 14.7 Å². The zero-order chi connectivity index (χ0) is 21.8. The molecule has 0 unspecified atom stereocenters. The molecule has 0 saturated heterocycles. The molecule has 0 saturated carbocycles. The second-order valence-corrected chi connectivity index (χ2v) is 9.91. The summed E-state index contributed by atoms with van der Waals surface area (Å²) in [5.74, 6) is -1.11. The largest absolute Gasteiger partial charge is 0.282 e. The second kappa shape index (κ2) is 8.91. The first-order chi connectivity index (χ1) is 14.9. The number of hydrogen-bond donors (Lipinski definition) is 0. The minimum Gasteiger partial charge on any atom is -0.282 e. The molecule has 0 N–H and O–H groups in total. The summed E-state index contributed by atoms with van der Waals surface area (Å²) in [6, 6.07) is 17.6. The molecule has 0 spiro atoms. The quantitative estimate of drug-likeness (QED) is 0.417. The molecule has 0 bridgehead atoms. The number of amides is 1. The maximum atomic E-state index is 13.6. The molecule has 0 aliphatic carbocycles. The number of anilines is 1. The van der Waals surface area contributed by atoms with Gasteiger partial charge in [0, 0.05) is 12.6 Å². The molecule has 0 aliphatic rings. The van der Waals surface area contributed by atoms with E-state index in [4.69, 9.17) is 0 Å². The highest BCUT2D eigenvalue weighted by atomic mass is 32.2. The van der Waals surface area contributed by atoms with E-state index in [1.165, 1.54) is 40.5 Å². The smallest absolute Gasteiger partial charge is 0.230 e. The molecule has 9 heteroatoms. The van der Waals surface area contributed by atoms with Crippen LogP contribution in [-0.2, 0) is 21.2 Å². The number of aromatic nitrogens is 2. The van der Waals surface area contributed by atoms with Crippen molar-refractivity contribution in [3.63, 3.8) is 0 Å². The van der Waals surface area contributed by atoms with E-state index < -0.39 is 15.7 Å². The van der Waals surface area contributed by atoms with Gasteiger partial charge in [0.05, 0.1) is 33.1 Å². The van der Waals surface area contributed by atoms with Crippen LogP contribution in [0.5, 0.6) is 0 Å². The van der Waals surface area contributed by atoms with Crippen LogP contribution < -0.4 is 4.90 Å². The van der Waals surface area contributed by atoms with Gasteiger partial charge in [0.15, 0.2) is 15.0 Å². The van der Waals surface area contributed by atoms with Crippen LogP contribution in [0.3, 0.4) is 0 Å². The lowest BCUT2D eigenvalue weighted by Gasteiger charge is -2.19. The Morgan fingerprint density at radius 1 is 1.03 bits per heavy atom. The summed E-state index contributed by atoms with van der Waals surface area (Å²) >= 11 is 1.17. The van der Waals surface area contributed by atoms with Gasteiger partial charge in [0.2, 0.25) is 5.91 Å². The number of rotatable bonds is 7. The predicted molar refractivity (Wildman–Crippen MR) is 118 cm³/mol. The van der Waals surface area contributed by atoms with E-state index in [1.807, 2.05) is 0 Å². The summed E-state index contributed by atoms with van der Waals surface area (Å²) in [6.07, 6.45) is 1.40. The van der Waals surface area contributed by atoms with Crippen molar-refractivity contribution in [2.45, 2.75) is 17.9 Å². The van der Waals surface area contributed by atoms with E-state index in [-0.39, 0.29) is 29.4 Å². The van der Waals surface area contributed by atoms with Gasteiger partial charge < -0.3 is 0 Å². The average molecular weight is 456 g/mol. The summed E-state index contributed by atoms with van der Waals surface area (Å²) in [6.45, 7) is 0.132. The molecule has 2 aromatic carbocycles. The molecule has 1 amide bonds. The normalized spacial score (nSPS) is 11.5. The van der Waals surface area contributed by atoms with E-state index in [2.05, 4.69) is 9.97 Å². The number of sulfone groups is 1. The van der Waals surface area contributed by atoms with E-state index >= 15 is 0 Å². The highest BCUT2D eigenvalue weighted by molar-refractivity contribution is 7.91. The number of nitrogens with zero attached hydrogens (tertiary/aromatic N) is 3. The van der Waals surface area contributed by atoms with Crippen molar-refractivity contribution in [2.75, 3.05) is 10.7 Å². The van der Waals surface area contributed by atoms with Crippen LogP contribution >= 0.6 is 11.3 Å². The van der Waals surface area contributed by atoms with Crippen LogP contribution in [0.4, 0.5) is 9.52 Å². The molecular weight excluding hydrogens is 437 g/mol. The van der Waals surface area contributed by atoms with Crippen LogP contribution in [0.2, 0.25) is 0 Å². The zero-order valence-electron chi connectivity index (χ0n) is 16.3. The third kappa shape index (κ3) is 4.95. The molecule has 158 valence electrons. The molecule has 31 heavy (non-hydrogen) atoms. The summed E-state index contributed by atoms with van der Waals surface area (Å²) in [4.78, 5) is 23.4. The van der Waals surface area contributed by atoms with Crippen LogP contribution in [-0.4, -0.2) is 30.0 Å². The third-order valence-corrected chi connectivity index (χ3v) is 7.38. The van der Waals surface area contributed by atoms with Gasteiger partial charge in [-0.15, -0.1) is 0 Å². The Kier molecular flexibility index (Phi) is 6.06. The van der Waals surface area contributed by atoms with E-state index in [1.54, 1.807) is 48.7 Å². The highest BCUT2D eigenvalue weighted by Gasteiger charge is 2.24. The van der Waals surface area contributed by atoms with Gasteiger partial charge in [0.25, 0.3) is 0 Å². The van der Waals surface area contributed by atoms with Crippen molar-refractivity contribution in [3.8, 4) is 0 Å². The summed E-state index contributed by atoms with van der Waals surface area (Å²) < 4.78 is 39.4. The Bertz CT molecular complexity index is 1310. The maximum Gasteiger partial charge on any atom is 0.230 e. The number of hydrogen-bond acceptors (Lipinski definition) is 6. The van der Waals surface area contributed by atoms with Crippen molar-refractivity contribution >= 4 is 42.4 Å². The molecule has 0 aliphatic heterocycles. The minimum atomic E-state index is -3.60. The number of pyridine rings is 1. The average Bonchev–Trinajstić information content (AvgIpc) is 3.20. The van der Waals surface area contributed by atoms with Gasteiger partial charge in [-0.25, -0.2) is 17.8 Å². The first-order valence-corrected chi connectivity index (χ1v) is 11.9. The fourth-order valence-electron chi connectivity index (χ4n) is 3.02. The van der Waals surface area contributed by atoms with Gasteiger partial charge >= 0.3 is 0 Å². The fraction of sp³-hybridized carbons (Fsp3) is 0.136. The van der Waals surface area contributed by atoms with E-state index in [0.717, 1.165) is 0 Å². The maximum absolute atomic E-state index is 13.6. The van der Waals surface area contributed by atoms with Gasteiger partial charge in [-0.2, -0.15) is 0 Å². The SMILES string of the molecule is O=C(CCS(=O)(=O)c1ccccc1)N(Cc1ccccn1)c1nc2ccc(F)cc2s1. The molecule has 2 heterocycles. The van der Waals surface area contributed by atoms with Gasteiger partial charge in [-0.05, 0) is 42.5 Å². The van der Waals surface area contributed by atoms with E-state index in [0.29, 0.717) is 21.0 Å². The number of thiazole rings is 1. The van der Waals surface area contributed by atoms with Crippen molar-refractivity contribution in [2.24, 2.45) is 0 Å². The summed E-state index contributed by atoms with van der Waals surface area (Å²) in [7, 11) is -3.60. The number of carbonyl (C=O) groups is 1. The van der Waals surface area contributed by atoms with Crippen molar-refractivity contribution in [1.82, 2.24) is 9.97 Å². The minimum absolute atomic E-state index is 0.132. The molecule has 0 fully saturated rings. The second-order valence-electron chi connectivity index (χ2n) is 6.79. The number of halogens is 1. The first kappa shape index (κ1) is 21.1. The molecule has 4 aromatic rings. The van der Waals surface area contributed by atoms with Crippen molar-refractivity contribution < 1.29 is 17.6 Å². The molecule has 6 nitrogen and oxygen atoms in total. The summed E-state index contributed by atoms with van der Waals surface area (Å²) in [5.41, 5.74) is 1.20. The monoisotopic (exact) mass is 455 g/mol. The highest BCUT2D eigenvalue weighted by Crippen LogP contribution is 2.30. The molecular formula is C22H18FN3O3S2. The van der Waals surface area contributed by atoms with Crippen LogP contribution in [0.15, 0.2) is 77.8 Å². The zero-order valence-corrected chi connectivity index (χ0v) is 17.9. The Labute approximate surface area is 182 Å². The topological polar surface area (TPSA) is 80.2 Å². The first-order valence-electron chi connectivity index (χ1n) is 9.46. The van der Waals surface area contributed by atoms with Crippen LogP contribution in [0, 0.1) is 5.82 Å². The fourth-order valence-corrected chi connectivity index (χ4v) is 5.28. The molecule has 0 radical (unpaired) electrons. The number of benzene rings is 2. The van der Waals surface area contributed by atoms with Crippen LogP contribution in [0.25, 0.3) is 10.2 Å². The standard InChI is InChI=1S/C22H18FN3O3S2/c23-16-9-10-19-20(14-16)30-22(25-19)26(15-17-6-4-5-12-24-17)21(27)11-13-31(28,29)18-7-2-1-3-8-18/h1-10,12,14H,11,13,15H2. The Morgan fingerprint density at radius 3 is 2.55 bits per heavy atom. The lowest BCUT2D eigenvalue weighted by atomic mass is 10.3. The third-order valence-electron chi connectivity index (χ3n) is 4.60.